The predicted molar refractivity (Wildman–Crippen MR) is 60.6 cm³/mol. The van der Waals surface area contributed by atoms with Crippen molar-refractivity contribution in [1.29, 1.82) is 0 Å². The lowest BCUT2D eigenvalue weighted by Gasteiger charge is -2.08. The molecule has 0 bridgehead atoms. The first-order valence-corrected chi connectivity index (χ1v) is 4.89. The highest BCUT2D eigenvalue weighted by Crippen LogP contribution is 2.13. The van der Waals surface area contributed by atoms with Crippen LogP contribution >= 0.6 is 12.2 Å². The molecule has 1 aromatic heterocycles. The summed E-state index contributed by atoms with van der Waals surface area (Å²) in [7, 11) is 1.64. The molecule has 0 saturated heterocycles. The van der Waals surface area contributed by atoms with E-state index < -0.39 is 11.2 Å². The van der Waals surface area contributed by atoms with E-state index in [-0.39, 0.29) is 0 Å². The minimum absolute atomic E-state index is 0.324. The maximum absolute atomic E-state index is 11.6. The summed E-state index contributed by atoms with van der Waals surface area (Å²) in [4.78, 5) is 25.5. The Balaban J connectivity index is 2.76. The van der Waals surface area contributed by atoms with Crippen LogP contribution in [0.3, 0.4) is 0 Å². The Morgan fingerprint density at radius 1 is 1.53 bits per heavy atom. The van der Waals surface area contributed by atoms with Gasteiger partial charge >= 0.3 is 5.69 Å². The maximum atomic E-state index is 11.6. The van der Waals surface area contributed by atoms with Crippen LogP contribution in [0.25, 0.3) is 0 Å². The van der Waals surface area contributed by atoms with Crippen LogP contribution in [-0.4, -0.2) is 28.1 Å². The number of H-pyrrole nitrogens is 1. The van der Waals surface area contributed by atoms with Gasteiger partial charge in [-0.05, 0) is 0 Å². The summed E-state index contributed by atoms with van der Waals surface area (Å²) >= 11 is 5.01. The molecule has 0 spiro atoms. The first kappa shape index (κ1) is 9.91. The van der Waals surface area contributed by atoms with Gasteiger partial charge in [0.2, 0.25) is 0 Å². The Hall–Kier alpha value is -1.63. The molecule has 0 amide bonds. The van der Waals surface area contributed by atoms with Gasteiger partial charge in [-0.2, -0.15) is 0 Å². The third-order valence-corrected chi connectivity index (χ3v) is 2.69. The van der Waals surface area contributed by atoms with Crippen molar-refractivity contribution in [2.75, 3.05) is 18.9 Å². The van der Waals surface area contributed by atoms with Crippen LogP contribution in [-0.2, 0) is 6.54 Å². The lowest BCUT2D eigenvalue weighted by Crippen LogP contribution is -2.35. The fourth-order valence-corrected chi connectivity index (χ4v) is 1.78. The van der Waals surface area contributed by atoms with E-state index in [1.165, 1.54) is 4.57 Å². The van der Waals surface area contributed by atoms with Crippen molar-refractivity contribution in [2.24, 2.45) is 0 Å². The first-order chi connectivity index (χ1) is 7.15. The number of anilines is 1. The zero-order chi connectivity index (χ0) is 11.0. The predicted octanol–water partition coefficient (Wildman–Crippen LogP) is -1.14. The quantitative estimate of drug-likeness (QED) is 0.527. The molecular formula is C8H10N4O2S. The van der Waals surface area contributed by atoms with E-state index in [4.69, 9.17) is 12.2 Å². The van der Waals surface area contributed by atoms with Crippen LogP contribution in [0.15, 0.2) is 9.59 Å². The molecule has 6 nitrogen and oxygen atoms in total. The van der Waals surface area contributed by atoms with Crippen molar-refractivity contribution in [3.05, 3.63) is 26.4 Å². The Morgan fingerprint density at radius 2 is 2.27 bits per heavy atom. The Labute approximate surface area is 90.3 Å². The normalized spacial score (nSPS) is 13.1. The minimum atomic E-state index is -0.458. The van der Waals surface area contributed by atoms with Crippen LogP contribution < -0.4 is 21.9 Å². The van der Waals surface area contributed by atoms with Crippen LogP contribution in [0.2, 0.25) is 0 Å². The van der Waals surface area contributed by atoms with E-state index >= 15 is 0 Å². The van der Waals surface area contributed by atoms with Gasteiger partial charge in [-0.15, -0.1) is 0 Å². The summed E-state index contributed by atoms with van der Waals surface area (Å²) in [6, 6.07) is 0. The molecule has 2 rings (SSSR count). The third kappa shape index (κ3) is 1.44. The zero-order valence-electron chi connectivity index (χ0n) is 8.09. The minimum Gasteiger partial charge on any atom is -0.379 e. The van der Waals surface area contributed by atoms with Gasteiger partial charge in [0.15, 0.2) is 0 Å². The number of nitrogens with zero attached hydrogens (tertiary/aromatic N) is 1. The molecule has 1 aliphatic rings. The van der Waals surface area contributed by atoms with Crippen molar-refractivity contribution >= 4 is 23.0 Å². The summed E-state index contributed by atoms with van der Waals surface area (Å²) in [5, 5.41) is 5.71. The van der Waals surface area contributed by atoms with Crippen molar-refractivity contribution in [1.82, 2.24) is 14.9 Å². The SMILES string of the molecule is CNC(=S)c1c2n(c(=O)[nH]c1=O)CCN2. The number of thiocarbonyl (C=S) groups is 1. The van der Waals surface area contributed by atoms with Crippen LogP contribution in [0.4, 0.5) is 5.82 Å². The van der Waals surface area contributed by atoms with Crippen molar-refractivity contribution < 1.29 is 0 Å². The van der Waals surface area contributed by atoms with Gasteiger partial charge in [0.05, 0.1) is 0 Å². The Morgan fingerprint density at radius 3 is 2.93 bits per heavy atom. The number of rotatable bonds is 1. The second-order valence-electron chi connectivity index (χ2n) is 3.14. The van der Waals surface area contributed by atoms with Crippen molar-refractivity contribution in [3.63, 3.8) is 0 Å². The Bertz CT molecular complexity index is 530. The smallest absolute Gasteiger partial charge is 0.330 e. The molecule has 0 saturated carbocycles. The van der Waals surface area contributed by atoms with E-state index in [9.17, 15) is 9.59 Å². The zero-order valence-corrected chi connectivity index (χ0v) is 8.90. The number of nitrogens with one attached hydrogen (secondary N) is 3. The van der Waals surface area contributed by atoms with Crippen molar-refractivity contribution in [2.45, 2.75) is 6.54 Å². The lowest BCUT2D eigenvalue weighted by atomic mass is 10.3. The molecule has 7 heteroatoms. The summed E-state index contributed by atoms with van der Waals surface area (Å²) in [6.07, 6.45) is 0. The number of hydrogen-bond acceptors (Lipinski definition) is 4. The van der Waals surface area contributed by atoms with E-state index in [1.807, 2.05) is 0 Å². The second-order valence-corrected chi connectivity index (χ2v) is 3.55. The standard InChI is InChI=1S/C8H10N4O2S/c1-9-7(15)4-5-10-2-3-12(5)8(14)11-6(4)13/h10H,2-3H2,1H3,(H,9,15)(H,11,13,14). The van der Waals surface area contributed by atoms with Gasteiger partial charge in [0, 0.05) is 20.1 Å². The third-order valence-electron chi connectivity index (χ3n) is 2.28. The molecule has 2 heterocycles. The number of hydrogen-bond donors (Lipinski definition) is 3. The molecule has 3 N–H and O–H groups in total. The highest BCUT2D eigenvalue weighted by Gasteiger charge is 2.20. The molecule has 0 fully saturated rings. The molecule has 0 radical (unpaired) electrons. The summed E-state index contributed by atoms with van der Waals surface area (Å²) in [5.41, 5.74) is -0.535. The van der Waals surface area contributed by atoms with E-state index in [0.29, 0.717) is 29.5 Å². The molecule has 0 aromatic carbocycles. The van der Waals surface area contributed by atoms with Gasteiger partial charge in [-0.3, -0.25) is 14.3 Å². The van der Waals surface area contributed by atoms with Gasteiger partial charge < -0.3 is 10.6 Å². The highest BCUT2D eigenvalue weighted by molar-refractivity contribution is 7.80. The molecule has 1 aliphatic heterocycles. The number of aromatic amines is 1. The molecule has 0 unspecified atom stereocenters. The van der Waals surface area contributed by atoms with Gasteiger partial charge in [0.25, 0.3) is 5.56 Å². The van der Waals surface area contributed by atoms with Gasteiger partial charge in [0.1, 0.15) is 16.4 Å². The van der Waals surface area contributed by atoms with Crippen LogP contribution in [0, 0.1) is 0 Å². The lowest BCUT2D eigenvalue weighted by molar-refractivity contribution is 0.736. The van der Waals surface area contributed by atoms with E-state index in [2.05, 4.69) is 15.6 Å². The average Bonchev–Trinajstić information content (AvgIpc) is 2.66. The van der Waals surface area contributed by atoms with Gasteiger partial charge in [-0.25, -0.2) is 4.79 Å². The second kappa shape index (κ2) is 3.50. The first-order valence-electron chi connectivity index (χ1n) is 4.48. The largest absolute Gasteiger partial charge is 0.379 e. The molecule has 1 aromatic rings. The van der Waals surface area contributed by atoms with E-state index in [0.717, 1.165) is 0 Å². The summed E-state index contributed by atoms with van der Waals surface area (Å²) in [5.74, 6) is 0.503. The topological polar surface area (TPSA) is 78.9 Å². The molecule has 0 aliphatic carbocycles. The molecule has 15 heavy (non-hydrogen) atoms. The fraction of sp³-hybridized carbons (Fsp3) is 0.375. The van der Waals surface area contributed by atoms with Crippen LogP contribution in [0.5, 0.6) is 0 Å². The summed E-state index contributed by atoms with van der Waals surface area (Å²) < 4.78 is 1.47. The highest BCUT2D eigenvalue weighted by atomic mass is 32.1. The average molecular weight is 226 g/mol. The molecule has 0 atom stereocenters. The molecular weight excluding hydrogens is 216 g/mol. The maximum Gasteiger partial charge on any atom is 0.330 e. The van der Waals surface area contributed by atoms with Gasteiger partial charge in [-0.1, -0.05) is 12.2 Å². The Kier molecular flexibility index (Phi) is 2.31. The number of fused-ring (bicyclic) bond motifs is 1. The molecule has 80 valence electrons. The monoisotopic (exact) mass is 226 g/mol. The fourth-order valence-electron chi connectivity index (χ4n) is 1.59. The van der Waals surface area contributed by atoms with Crippen LogP contribution in [0.1, 0.15) is 5.56 Å². The van der Waals surface area contributed by atoms with E-state index in [1.54, 1.807) is 7.05 Å². The summed E-state index contributed by atoms with van der Waals surface area (Å²) in [6.45, 7) is 1.18. The van der Waals surface area contributed by atoms with Crippen molar-refractivity contribution in [3.8, 4) is 0 Å². The number of aromatic nitrogens is 2.